The van der Waals surface area contributed by atoms with Gasteiger partial charge in [-0.3, -0.25) is 0 Å². The Morgan fingerprint density at radius 2 is 1.39 bits per heavy atom. The van der Waals surface area contributed by atoms with E-state index in [9.17, 15) is 4.79 Å². The number of nitrogen functional groups attached to an aromatic ring is 1. The zero-order valence-corrected chi connectivity index (χ0v) is 14.6. The second-order valence-corrected chi connectivity index (χ2v) is 6.18. The van der Waals surface area contributed by atoms with Crippen LogP contribution in [0.5, 0.6) is 0 Å². The number of hydrogen-bond donors (Lipinski definition) is 3. The summed E-state index contributed by atoms with van der Waals surface area (Å²) in [6.07, 6.45) is 13.0. The number of nitrogens with one attached hydrogen (secondary N) is 2. The standard InChI is InChI=1S/C19H33N3O/c1-2-3-4-5-6-7-8-9-10-11-16-21-19(23)22-18-14-12-17(20)13-15-18/h12-15H,2-11,16,20H2,1H3,(H2,21,22,23). The van der Waals surface area contributed by atoms with E-state index in [-0.39, 0.29) is 6.03 Å². The van der Waals surface area contributed by atoms with Crippen molar-refractivity contribution in [2.45, 2.75) is 71.1 Å². The van der Waals surface area contributed by atoms with Crippen LogP contribution in [0.1, 0.15) is 71.1 Å². The van der Waals surface area contributed by atoms with Crippen molar-refractivity contribution in [1.82, 2.24) is 5.32 Å². The number of hydrogen-bond acceptors (Lipinski definition) is 2. The molecule has 4 N–H and O–H groups in total. The molecule has 1 rings (SSSR count). The predicted octanol–water partition coefficient (Wildman–Crippen LogP) is 5.31. The van der Waals surface area contributed by atoms with Gasteiger partial charge in [-0.2, -0.15) is 0 Å². The molecule has 0 aliphatic rings. The van der Waals surface area contributed by atoms with Gasteiger partial charge in [0.05, 0.1) is 0 Å². The summed E-state index contributed by atoms with van der Waals surface area (Å²) in [4.78, 5) is 11.7. The van der Waals surface area contributed by atoms with Gasteiger partial charge in [-0.15, -0.1) is 0 Å². The zero-order chi connectivity index (χ0) is 16.8. The van der Waals surface area contributed by atoms with Gasteiger partial charge < -0.3 is 16.4 Å². The number of rotatable bonds is 12. The number of carbonyl (C=O) groups excluding carboxylic acids is 1. The van der Waals surface area contributed by atoms with Gasteiger partial charge in [0, 0.05) is 17.9 Å². The molecule has 0 aromatic heterocycles. The summed E-state index contributed by atoms with van der Waals surface area (Å²) in [6, 6.07) is 7.01. The number of nitrogens with two attached hydrogens (primary N) is 1. The highest BCUT2D eigenvalue weighted by Crippen LogP contribution is 2.11. The minimum absolute atomic E-state index is 0.148. The number of unbranched alkanes of at least 4 members (excludes halogenated alkanes) is 9. The molecule has 0 atom stereocenters. The molecule has 1 aromatic rings. The quantitative estimate of drug-likeness (QED) is 0.361. The summed E-state index contributed by atoms with van der Waals surface area (Å²) in [7, 11) is 0. The van der Waals surface area contributed by atoms with E-state index in [0.717, 1.165) is 18.7 Å². The number of amides is 2. The monoisotopic (exact) mass is 319 g/mol. The Hall–Kier alpha value is -1.71. The fraction of sp³-hybridized carbons (Fsp3) is 0.632. The molecule has 1 aromatic carbocycles. The third kappa shape index (κ3) is 10.6. The number of urea groups is 1. The Kier molecular flexibility index (Phi) is 10.8. The van der Waals surface area contributed by atoms with Gasteiger partial charge in [-0.1, -0.05) is 64.7 Å². The first-order valence-electron chi connectivity index (χ1n) is 9.12. The maximum absolute atomic E-state index is 11.7. The minimum Gasteiger partial charge on any atom is -0.399 e. The number of carbonyl (C=O) groups is 1. The summed E-state index contributed by atoms with van der Waals surface area (Å²) in [5.41, 5.74) is 7.07. The maximum atomic E-state index is 11.7. The van der Waals surface area contributed by atoms with Crippen LogP contribution in [0, 0.1) is 0 Å². The lowest BCUT2D eigenvalue weighted by atomic mass is 10.1. The van der Waals surface area contributed by atoms with E-state index in [2.05, 4.69) is 17.6 Å². The largest absolute Gasteiger partial charge is 0.399 e. The first kappa shape index (κ1) is 19.3. The Morgan fingerprint density at radius 3 is 1.96 bits per heavy atom. The van der Waals surface area contributed by atoms with Gasteiger partial charge in [0.2, 0.25) is 0 Å². The van der Waals surface area contributed by atoms with Crippen LogP contribution in [-0.4, -0.2) is 12.6 Å². The SMILES string of the molecule is CCCCCCCCCCCCNC(=O)Nc1ccc(N)cc1. The van der Waals surface area contributed by atoms with Crippen LogP contribution in [0.3, 0.4) is 0 Å². The fourth-order valence-corrected chi connectivity index (χ4v) is 2.56. The molecule has 0 aliphatic heterocycles. The molecular formula is C19H33N3O. The Labute approximate surface area is 141 Å². The van der Waals surface area contributed by atoms with Crippen molar-refractivity contribution in [2.75, 3.05) is 17.6 Å². The molecule has 4 nitrogen and oxygen atoms in total. The lowest BCUT2D eigenvalue weighted by Crippen LogP contribution is -2.29. The Morgan fingerprint density at radius 1 is 0.870 bits per heavy atom. The maximum Gasteiger partial charge on any atom is 0.319 e. The molecular weight excluding hydrogens is 286 g/mol. The fourth-order valence-electron chi connectivity index (χ4n) is 2.56. The molecule has 23 heavy (non-hydrogen) atoms. The van der Waals surface area contributed by atoms with Crippen molar-refractivity contribution in [3.05, 3.63) is 24.3 Å². The predicted molar refractivity (Wildman–Crippen MR) is 99.7 cm³/mol. The summed E-state index contributed by atoms with van der Waals surface area (Å²) < 4.78 is 0. The smallest absolute Gasteiger partial charge is 0.319 e. The molecule has 0 saturated carbocycles. The zero-order valence-electron chi connectivity index (χ0n) is 14.6. The normalized spacial score (nSPS) is 10.5. The van der Waals surface area contributed by atoms with E-state index < -0.39 is 0 Å². The van der Waals surface area contributed by atoms with Crippen LogP contribution in [0.15, 0.2) is 24.3 Å². The lowest BCUT2D eigenvalue weighted by molar-refractivity contribution is 0.252. The first-order chi connectivity index (χ1) is 11.2. The molecule has 0 fully saturated rings. The van der Waals surface area contributed by atoms with E-state index in [4.69, 9.17) is 5.73 Å². The van der Waals surface area contributed by atoms with Gasteiger partial charge in [0.15, 0.2) is 0 Å². The van der Waals surface area contributed by atoms with E-state index in [1.54, 1.807) is 24.3 Å². The third-order valence-electron chi connectivity index (χ3n) is 3.98. The van der Waals surface area contributed by atoms with E-state index in [1.807, 2.05) is 0 Å². The highest BCUT2D eigenvalue weighted by atomic mass is 16.2. The third-order valence-corrected chi connectivity index (χ3v) is 3.98. The lowest BCUT2D eigenvalue weighted by Gasteiger charge is -2.08. The van der Waals surface area contributed by atoms with Crippen molar-refractivity contribution in [3.8, 4) is 0 Å². The average Bonchev–Trinajstić information content (AvgIpc) is 2.55. The van der Waals surface area contributed by atoms with Crippen LogP contribution < -0.4 is 16.4 Å². The summed E-state index contributed by atoms with van der Waals surface area (Å²) >= 11 is 0. The van der Waals surface area contributed by atoms with E-state index in [0.29, 0.717) is 5.69 Å². The molecule has 0 spiro atoms. The van der Waals surface area contributed by atoms with Crippen molar-refractivity contribution >= 4 is 17.4 Å². The summed E-state index contributed by atoms with van der Waals surface area (Å²) in [5.74, 6) is 0. The summed E-state index contributed by atoms with van der Waals surface area (Å²) in [5, 5.41) is 5.69. The van der Waals surface area contributed by atoms with Crippen LogP contribution in [0.2, 0.25) is 0 Å². The van der Waals surface area contributed by atoms with Crippen molar-refractivity contribution in [3.63, 3.8) is 0 Å². The minimum atomic E-state index is -0.148. The number of anilines is 2. The second kappa shape index (κ2) is 12.8. The molecule has 0 saturated heterocycles. The van der Waals surface area contributed by atoms with Crippen LogP contribution >= 0.6 is 0 Å². The van der Waals surface area contributed by atoms with Gasteiger partial charge in [0.1, 0.15) is 0 Å². The molecule has 0 bridgehead atoms. The van der Waals surface area contributed by atoms with Gasteiger partial charge in [-0.05, 0) is 30.7 Å². The van der Waals surface area contributed by atoms with Crippen LogP contribution in [0.4, 0.5) is 16.2 Å². The Balaban J connectivity index is 1.90. The highest BCUT2D eigenvalue weighted by Gasteiger charge is 2.00. The molecule has 2 amide bonds. The van der Waals surface area contributed by atoms with Crippen molar-refractivity contribution in [2.24, 2.45) is 0 Å². The van der Waals surface area contributed by atoms with Gasteiger partial charge in [-0.25, -0.2) is 4.79 Å². The molecule has 0 heterocycles. The highest BCUT2D eigenvalue weighted by molar-refractivity contribution is 5.89. The van der Waals surface area contributed by atoms with Crippen LogP contribution in [-0.2, 0) is 0 Å². The van der Waals surface area contributed by atoms with Crippen LogP contribution in [0.25, 0.3) is 0 Å². The van der Waals surface area contributed by atoms with E-state index >= 15 is 0 Å². The van der Waals surface area contributed by atoms with Gasteiger partial charge >= 0.3 is 6.03 Å². The summed E-state index contributed by atoms with van der Waals surface area (Å²) in [6.45, 7) is 2.99. The molecule has 0 radical (unpaired) electrons. The molecule has 0 unspecified atom stereocenters. The molecule has 130 valence electrons. The average molecular weight is 319 g/mol. The first-order valence-corrected chi connectivity index (χ1v) is 9.12. The molecule has 4 heteroatoms. The van der Waals surface area contributed by atoms with E-state index in [1.165, 1.54) is 57.8 Å². The van der Waals surface area contributed by atoms with Crippen molar-refractivity contribution in [1.29, 1.82) is 0 Å². The van der Waals surface area contributed by atoms with Gasteiger partial charge in [0.25, 0.3) is 0 Å². The Bertz CT molecular complexity index is 417. The topological polar surface area (TPSA) is 67.2 Å². The molecule has 0 aliphatic carbocycles. The van der Waals surface area contributed by atoms with Crippen molar-refractivity contribution < 1.29 is 4.79 Å². The second-order valence-electron chi connectivity index (χ2n) is 6.18. The number of benzene rings is 1.